The third-order valence-corrected chi connectivity index (χ3v) is 7.96. The summed E-state index contributed by atoms with van der Waals surface area (Å²) in [5.74, 6) is 0. The molecule has 33 heavy (non-hydrogen) atoms. The van der Waals surface area contributed by atoms with Crippen molar-refractivity contribution in [2.45, 2.75) is 26.7 Å². The molecule has 156 valence electrons. The van der Waals surface area contributed by atoms with Crippen molar-refractivity contribution < 1.29 is 0 Å². The third kappa shape index (κ3) is 2.11. The first kappa shape index (κ1) is 17.6. The number of imidazole rings is 1. The van der Waals surface area contributed by atoms with Crippen LogP contribution in [0.1, 0.15) is 33.6 Å². The molecule has 2 aliphatic carbocycles. The van der Waals surface area contributed by atoms with Gasteiger partial charge in [0.2, 0.25) is 0 Å². The van der Waals surface area contributed by atoms with Gasteiger partial charge in [-0.1, -0.05) is 66.7 Å². The summed E-state index contributed by atoms with van der Waals surface area (Å²) in [5.41, 5.74) is 16.1. The number of rotatable bonds is 0. The van der Waals surface area contributed by atoms with Gasteiger partial charge in [0.15, 0.2) is 0 Å². The van der Waals surface area contributed by atoms with Gasteiger partial charge in [-0.2, -0.15) is 0 Å². The largest absolute Gasteiger partial charge is 0.295 e. The summed E-state index contributed by atoms with van der Waals surface area (Å²) < 4.78 is 2.42. The summed E-state index contributed by atoms with van der Waals surface area (Å²) in [5, 5.41) is 3.82. The van der Waals surface area contributed by atoms with Crippen LogP contribution in [0, 0.1) is 13.8 Å². The molecule has 2 aliphatic rings. The summed E-state index contributed by atoms with van der Waals surface area (Å²) in [7, 11) is 0. The minimum atomic E-state index is 1.01. The average molecular weight is 423 g/mol. The minimum Gasteiger partial charge on any atom is -0.295 e. The van der Waals surface area contributed by atoms with Crippen LogP contribution in [0.2, 0.25) is 0 Å². The van der Waals surface area contributed by atoms with Crippen LogP contribution >= 0.6 is 0 Å². The Labute approximate surface area is 192 Å². The minimum absolute atomic E-state index is 1.01. The molecule has 0 bridgehead atoms. The zero-order valence-corrected chi connectivity index (χ0v) is 18.7. The molecule has 0 unspecified atom stereocenters. The fourth-order valence-electron chi connectivity index (χ4n) is 6.33. The van der Waals surface area contributed by atoms with Crippen LogP contribution in [0.4, 0.5) is 0 Å². The molecule has 0 aliphatic heterocycles. The molecule has 2 heteroatoms. The van der Waals surface area contributed by atoms with Crippen molar-refractivity contribution in [3.05, 3.63) is 106 Å². The molecule has 4 aromatic carbocycles. The molecular formula is C31H22N2. The Hall–Kier alpha value is -3.91. The molecule has 0 N–H and O–H groups in total. The molecule has 0 saturated heterocycles. The van der Waals surface area contributed by atoms with Gasteiger partial charge in [-0.3, -0.25) is 4.40 Å². The summed E-state index contributed by atoms with van der Waals surface area (Å²) in [6, 6.07) is 27.2. The predicted octanol–water partition coefficient (Wildman–Crippen LogP) is 7.40. The predicted molar refractivity (Wildman–Crippen MR) is 136 cm³/mol. The van der Waals surface area contributed by atoms with Crippen LogP contribution in [0.5, 0.6) is 0 Å². The lowest BCUT2D eigenvalue weighted by Crippen LogP contribution is -1.97. The molecule has 0 spiro atoms. The van der Waals surface area contributed by atoms with Crippen LogP contribution < -0.4 is 0 Å². The highest BCUT2D eigenvalue weighted by atomic mass is 15.0. The van der Waals surface area contributed by atoms with Gasteiger partial charge < -0.3 is 0 Å². The lowest BCUT2D eigenvalue weighted by atomic mass is 9.95. The van der Waals surface area contributed by atoms with Gasteiger partial charge in [-0.25, -0.2) is 4.98 Å². The number of hydrogen-bond acceptors (Lipinski definition) is 1. The number of fused-ring (bicyclic) bond motifs is 13. The highest BCUT2D eigenvalue weighted by Gasteiger charge is 2.28. The number of nitrogens with zero attached hydrogens (tertiary/aromatic N) is 2. The standard InChI is InChI=1S/C31H22N2/c1-17-18(2)33-30-25(24-9-5-6-10-26(24)31(33)32-17)12-11-20-14-22-15-21-13-19-7-3-4-8-23(19)27(21)16-28(22)29(20)30/h3-12,15-16H,13-14H2,1-2H3. The summed E-state index contributed by atoms with van der Waals surface area (Å²) in [4.78, 5) is 5.02. The molecule has 2 nitrogen and oxygen atoms in total. The second-order valence-corrected chi connectivity index (χ2v) is 9.66. The second kappa shape index (κ2) is 5.90. The molecule has 0 atom stereocenters. The monoisotopic (exact) mass is 422 g/mol. The molecule has 0 saturated carbocycles. The lowest BCUT2D eigenvalue weighted by molar-refractivity contribution is 1.14. The van der Waals surface area contributed by atoms with Gasteiger partial charge in [0.25, 0.3) is 0 Å². The fourth-order valence-corrected chi connectivity index (χ4v) is 6.33. The molecule has 0 fully saturated rings. The van der Waals surface area contributed by atoms with Gasteiger partial charge in [0, 0.05) is 22.0 Å². The Bertz CT molecular complexity index is 1830. The normalized spacial score (nSPS) is 13.5. The zero-order chi connectivity index (χ0) is 21.8. The maximum absolute atomic E-state index is 5.02. The van der Waals surface area contributed by atoms with E-state index in [0.29, 0.717) is 0 Å². The van der Waals surface area contributed by atoms with Gasteiger partial charge in [0.05, 0.1) is 11.2 Å². The maximum Gasteiger partial charge on any atom is 0.145 e. The van der Waals surface area contributed by atoms with Gasteiger partial charge >= 0.3 is 0 Å². The lowest BCUT2D eigenvalue weighted by Gasteiger charge is -2.15. The molecule has 2 heterocycles. The number of aryl methyl sites for hydroxylation is 2. The van der Waals surface area contributed by atoms with Crippen LogP contribution in [-0.2, 0) is 12.8 Å². The van der Waals surface area contributed by atoms with Crippen molar-refractivity contribution in [2.75, 3.05) is 0 Å². The zero-order valence-electron chi connectivity index (χ0n) is 18.7. The van der Waals surface area contributed by atoms with E-state index in [-0.39, 0.29) is 0 Å². The molecular weight excluding hydrogens is 400 g/mol. The first-order chi connectivity index (χ1) is 16.2. The van der Waals surface area contributed by atoms with E-state index in [0.717, 1.165) is 24.2 Å². The first-order valence-electron chi connectivity index (χ1n) is 11.8. The third-order valence-electron chi connectivity index (χ3n) is 7.96. The SMILES string of the molecule is Cc1nc2c3ccccc3c3ccc4c(c3n2c1C)-c1cc2c(cc1C4)Cc1ccccc1-2. The summed E-state index contributed by atoms with van der Waals surface area (Å²) in [6.07, 6.45) is 2.05. The maximum atomic E-state index is 5.02. The van der Waals surface area contributed by atoms with E-state index in [9.17, 15) is 0 Å². The Kier molecular flexibility index (Phi) is 3.15. The van der Waals surface area contributed by atoms with Crippen molar-refractivity contribution in [1.29, 1.82) is 0 Å². The smallest absolute Gasteiger partial charge is 0.145 e. The molecule has 6 aromatic rings. The summed E-state index contributed by atoms with van der Waals surface area (Å²) >= 11 is 0. The number of benzene rings is 4. The average Bonchev–Trinajstić information content (AvgIpc) is 3.48. The van der Waals surface area contributed by atoms with Crippen molar-refractivity contribution in [2.24, 2.45) is 0 Å². The molecule has 8 rings (SSSR count). The van der Waals surface area contributed by atoms with E-state index in [1.807, 2.05) is 0 Å². The van der Waals surface area contributed by atoms with E-state index in [1.165, 1.54) is 71.9 Å². The quantitative estimate of drug-likeness (QED) is 0.233. The highest BCUT2D eigenvalue weighted by Crippen LogP contribution is 2.48. The van der Waals surface area contributed by atoms with Crippen LogP contribution in [0.25, 0.3) is 49.6 Å². The van der Waals surface area contributed by atoms with E-state index >= 15 is 0 Å². The topological polar surface area (TPSA) is 17.3 Å². The van der Waals surface area contributed by atoms with Crippen molar-refractivity contribution in [1.82, 2.24) is 9.38 Å². The van der Waals surface area contributed by atoms with Crippen molar-refractivity contribution in [3.8, 4) is 22.3 Å². The Morgan fingerprint density at radius 2 is 1.39 bits per heavy atom. The Morgan fingerprint density at radius 1 is 0.636 bits per heavy atom. The fraction of sp³-hybridized carbons (Fsp3) is 0.129. The summed E-state index contributed by atoms with van der Waals surface area (Å²) in [6.45, 7) is 4.33. The number of hydrogen-bond donors (Lipinski definition) is 0. The van der Waals surface area contributed by atoms with Crippen LogP contribution in [0.15, 0.2) is 72.8 Å². The first-order valence-corrected chi connectivity index (χ1v) is 11.8. The molecule has 0 amide bonds. The van der Waals surface area contributed by atoms with E-state index in [4.69, 9.17) is 4.98 Å². The highest BCUT2D eigenvalue weighted by molar-refractivity contribution is 6.16. The number of pyridine rings is 1. The van der Waals surface area contributed by atoms with Crippen LogP contribution in [0.3, 0.4) is 0 Å². The number of aromatic nitrogens is 2. The van der Waals surface area contributed by atoms with Gasteiger partial charge in [-0.05, 0) is 77.1 Å². The van der Waals surface area contributed by atoms with E-state index in [2.05, 4.69) is 91.0 Å². The van der Waals surface area contributed by atoms with Crippen molar-refractivity contribution in [3.63, 3.8) is 0 Å². The van der Waals surface area contributed by atoms with Gasteiger partial charge in [-0.15, -0.1) is 0 Å². The van der Waals surface area contributed by atoms with Crippen LogP contribution in [-0.4, -0.2) is 9.38 Å². The second-order valence-electron chi connectivity index (χ2n) is 9.66. The molecule has 2 aromatic heterocycles. The Morgan fingerprint density at radius 3 is 2.30 bits per heavy atom. The van der Waals surface area contributed by atoms with E-state index in [1.54, 1.807) is 0 Å². The van der Waals surface area contributed by atoms with Crippen molar-refractivity contribution >= 4 is 27.3 Å². The van der Waals surface area contributed by atoms with Gasteiger partial charge in [0.1, 0.15) is 5.65 Å². The molecule has 0 radical (unpaired) electrons. The van der Waals surface area contributed by atoms with E-state index < -0.39 is 0 Å². The Balaban J connectivity index is 1.55.